The molecule has 1 saturated heterocycles. The molecule has 2 aliphatic heterocycles. The van der Waals surface area contributed by atoms with Crippen molar-refractivity contribution in [3.63, 3.8) is 0 Å². The summed E-state index contributed by atoms with van der Waals surface area (Å²) in [6.45, 7) is 14.8. The minimum Gasteiger partial charge on any atom is -0.485 e. The number of rotatable bonds is 6. The summed E-state index contributed by atoms with van der Waals surface area (Å²) in [5.74, 6) is 1.000. The van der Waals surface area contributed by atoms with Crippen molar-refractivity contribution in [2.75, 3.05) is 18.4 Å². The van der Waals surface area contributed by atoms with Crippen molar-refractivity contribution < 1.29 is 29.3 Å². The predicted octanol–water partition coefficient (Wildman–Crippen LogP) is 6.95. The topological polar surface area (TPSA) is 108 Å². The number of likely N-dealkylation sites (tertiary alicyclic amines) is 1. The summed E-state index contributed by atoms with van der Waals surface area (Å²) < 4.78 is 13.3. The van der Waals surface area contributed by atoms with Crippen LogP contribution in [0.15, 0.2) is 30.3 Å². The van der Waals surface area contributed by atoms with Gasteiger partial charge in [-0.05, 0) is 118 Å². The summed E-state index contributed by atoms with van der Waals surface area (Å²) in [6.07, 6.45) is 7.01. The summed E-state index contributed by atoms with van der Waals surface area (Å²) in [6, 6.07) is 9.17. The van der Waals surface area contributed by atoms with Crippen LogP contribution in [0.4, 0.5) is 10.5 Å². The van der Waals surface area contributed by atoms with E-state index in [2.05, 4.69) is 50.9 Å². The normalized spacial score (nSPS) is 35.2. The van der Waals surface area contributed by atoms with Gasteiger partial charge in [0.1, 0.15) is 6.10 Å². The van der Waals surface area contributed by atoms with E-state index < -0.39 is 17.7 Å². The van der Waals surface area contributed by atoms with Crippen molar-refractivity contribution in [1.29, 1.82) is 0 Å². The molecule has 3 N–H and O–H groups in total. The molecule has 8 nitrogen and oxygen atoms in total. The quantitative estimate of drug-likeness (QED) is 0.318. The Kier molecular flexibility index (Phi) is 6.25. The van der Waals surface area contributed by atoms with Gasteiger partial charge in [-0.15, -0.1) is 0 Å². The number of nitrogens with zero attached hydrogens (tertiary/aromatic N) is 1. The largest absolute Gasteiger partial charge is 0.485 e. The maximum absolute atomic E-state index is 13.3. The number of carboxylic acid groups (broad SMARTS) is 1. The Balaban J connectivity index is 1.20. The number of amides is 1. The lowest BCUT2D eigenvalue weighted by atomic mass is 9.31. The van der Waals surface area contributed by atoms with Gasteiger partial charge in [0.05, 0.1) is 11.2 Å². The number of aliphatic hydroxyl groups is 1. The molecule has 9 rings (SSSR count). The molecule has 7 aliphatic rings. The summed E-state index contributed by atoms with van der Waals surface area (Å²) in [5.41, 5.74) is 2.14. The lowest BCUT2D eigenvalue weighted by Crippen LogP contribution is -2.80. The minimum atomic E-state index is -1.01. The fourth-order valence-electron chi connectivity index (χ4n) is 11.0. The lowest BCUT2D eigenvalue weighted by Gasteiger charge is -2.75. The van der Waals surface area contributed by atoms with Gasteiger partial charge in [-0.25, -0.2) is 9.59 Å². The number of nitrogens with one attached hydrogen (secondary N) is 1. The van der Waals surface area contributed by atoms with Crippen molar-refractivity contribution in [1.82, 2.24) is 4.90 Å². The summed E-state index contributed by atoms with van der Waals surface area (Å²) >= 11 is 0. The van der Waals surface area contributed by atoms with E-state index in [1.54, 1.807) is 19.1 Å². The van der Waals surface area contributed by atoms with Gasteiger partial charge < -0.3 is 19.7 Å². The highest BCUT2D eigenvalue weighted by Gasteiger charge is 2.80. The molecule has 0 radical (unpaired) electrons. The van der Waals surface area contributed by atoms with Crippen LogP contribution in [-0.2, 0) is 11.8 Å². The third-order valence-electron chi connectivity index (χ3n) is 13.9. The Hall–Kier alpha value is -3.10. The second kappa shape index (κ2) is 9.50. The van der Waals surface area contributed by atoms with Gasteiger partial charge in [0, 0.05) is 40.1 Å². The van der Waals surface area contributed by atoms with Gasteiger partial charge in [-0.2, -0.15) is 0 Å². The van der Waals surface area contributed by atoms with Crippen LogP contribution in [-0.4, -0.2) is 58.0 Å². The maximum atomic E-state index is 13.3. The van der Waals surface area contributed by atoms with Crippen LogP contribution in [0.25, 0.3) is 0 Å². The second-order valence-electron chi connectivity index (χ2n) is 17.0. The maximum Gasteiger partial charge on any atom is 0.417 e. The molecule has 2 aromatic carbocycles. The van der Waals surface area contributed by atoms with E-state index >= 15 is 0 Å². The fraction of sp³-hybridized carbons (Fsp3) is 0.632. The molecule has 8 heteroatoms. The number of ether oxygens (including phenoxy) is 2. The molecule has 2 heterocycles. The molecular formula is C38H48N2O6. The van der Waals surface area contributed by atoms with Gasteiger partial charge in [-0.1, -0.05) is 33.8 Å². The van der Waals surface area contributed by atoms with Crippen LogP contribution < -0.4 is 14.8 Å². The highest BCUT2D eigenvalue weighted by molar-refractivity contribution is 5.92. The van der Waals surface area contributed by atoms with E-state index in [4.69, 9.17) is 9.47 Å². The molecule has 4 bridgehead atoms. The molecule has 246 valence electrons. The van der Waals surface area contributed by atoms with Crippen molar-refractivity contribution in [2.24, 2.45) is 28.1 Å². The van der Waals surface area contributed by atoms with Crippen molar-refractivity contribution >= 4 is 17.7 Å². The molecule has 4 saturated carbocycles. The predicted molar refractivity (Wildman–Crippen MR) is 175 cm³/mol. The molecule has 0 aromatic heterocycles. The number of benzene rings is 2. The standard InChI is InChI=1S/C38H48N2O6/c1-21-17-24(10-11-25(21)31(41)42)39-33(43)45-26-12-9-23-18-28-37-14-13-35(5,27(19-37)36(6,44)34(2,3)4)32-38(37,29(23)30(26)46-32)15-16-40(28)20-22-7-8-22/h9-12,17,22,27-28,32,44H,7-8,13-16,18-20H2,1-6H3,(H,39,43)(H,41,42)/t27-,28+,32-,35+,36?,37+,38-/m0/s1. The number of piperidine rings is 1. The number of carbonyl (C=O) groups is 2. The molecule has 1 amide bonds. The van der Waals surface area contributed by atoms with Crippen molar-refractivity contribution in [3.8, 4) is 11.5 Å². The van der Waals surface area contributed by atoms with Gasteiger partial charge in [0.25, 0.3) is 0 Å². The Morgan fingerprint density at radius 1 is 1.11 bits per heavy atom. The van der Waals surface area contributed by atoms with Crippen LogP contribution in [0, 0.1) is 35.0 Å². The zero-order valence-electron chi connectivity index (χ0n) is 28.0. The number of fused-ring (bicyclic) bond motifs is 2. The minimum absolute atomic E-state index is 0.0228. The van der Waals surface area contributed by atoms with Crippen LogP contribution >= 0.6 is 0 Å². The smallest absolute Gasteiger partial charge is 0.417 e. The molecule has 1 unspecified atom stereocenters. The van der Waals surface area contributed by atoms with Gasteiger partial charge >= 0.3 is 12.1 Å². The van der Waals surface area contributed by atoms with Gasteiger partial charge in [0.15, 0.2) is 11.5 Å². The summed E-state index contributed by atoms with van der Waals surface area (Å²) in [5, 5.41) is 24.6. The van der Waals surface area contributed by atoms with E-state index in [1.165, 1.54) is 36.6 Å². The van der Waals surface area contributed by atoms with E-state index in [-0.39, 0.29) is 39.2 Å². The first-order valence-corrected chi connectivity index (χ1v) is 17.2. The van der Waals surface area contributed by atoms with E-state index in [0.717, 1.165) is 44.6 Å². The molecular weight excluding hydrogens is 580 g/mol. The first kappa shape index (κ1) is 30.2. The highest BCUT2D eigenvalue weighted by Crippen LogP contribution is 2.79. The monoisotopic (exact) mass is 628 g/mol. The molecule has 46 heavy (non-hydrogen) atoms. The third-order valence-corrected chi connectivity index (χ3v) is 13.9. The number of hydrogen-bond acceptors (Lipinski definition) is 6. The molecule has 2 aromatic rings. The Morgan fingerprint density at radius 3 is 2.54 bits per heavy atom. The summed E-state index contributed by atoms with van der Waals surface area (Å²) in [7, 11) is 0. The SMILES string of the molecule is Cc1cc(NC(=O)Oc2ccc3c4c2O[C@H]2[C@]5(C)CC[C@@]6(C[C@@H]5C(C)(O)C(C)(C)C)[C@@H](C3)N(CC3CC3)CC[C@]426)ccc1C(=O)O. The van der Waals surface area contributed by atoms with Crippen LogP contribution in [0.3, 0.4) is 0 Å². The Labute approximate surface area is 271 Å². The van der Waals surface area contributed by atoms with E-state index in [0.29, 0.717) is 28.8 Å². The second-order valence-corrected chi connectivity index (χ2v) is 17.0. The zero-order chi connectivity index (χ0) is 32.6. The summed E-state index contributed by atoms with van der Waals surface area (Å²) in [4.78, 5) is 27.6. The van der Waals surface area contributed by atoms with E-state index in [1.807, 2.05) is 6.07 Å². The van der Waals surface area contributed by atoms with Gasteiger partial charge in [0.2, 0.25) is 0 Å². The van der Waals surface area contributed by atoms with Crippen molar-refractivity contribution in [2.45, 2.75) is 110 Å². The Bertz CT molecular complexity index is 1660. The average Bonchev–Trinajstić information content (AvgIpc) is 3.71. The number of aromatic carboxylic acids is 1. The van der Waals surface area contributed by atoms with Crippen molar-refractivity contribution in [3.05, 3.63) is 52.6 Å². The number of hydrogen-bond donors (Lipinski definition) is 3. The number of carboxylic acids is 1. The third kappa shape index (κ3) is 3.86. The van der Waals surface area contributed by atoms with Crippen LogP contribution in [0.5, 0.6) is 11.5 Å². The zero-order valence-corrected chi connectivity index (χ0v) is 28.0. The highest BCUT2D eigenvalue weighted by atomic mass is 16.6. The average molecular weight is 629 g/mol. The lowest BCUT2D eigenvalue weighted by molar-refractivity contribution is -0.276. The number of aryl methyl sites for hydroxylation is 1. The first-order chi connectivity index (χ1) is 21.6. The Morgan fingerprint density at radius 2 is 1.87 bits per heavy atom. The number of carbonyl (C=O) groups excluding carboxylic acids is 1. The van der Waals surface area contributed by atoms with Gasteiger partial charge in [-0.3, -0.25) is 10.2 Å². The molecule has 2 spiro atoms. The van der Waals surface area contributed by atoms with Crippen LogP contribution in [0.1, 0.15) is 100 Å². The molecule has 5 fully saturated rings. The number of anilines is 1. The molecule has 7 atom stereocenters. The van der Waals surface area contributed by atoms with Crippen LogP contribution in [0.2, 0.25) is 0 Å². The fourth-order valence-corrected chi connectivity index (χ4v) is 11.0. The first-order valence-electron chi connectivity index (χ1n) is 17.2. The van der Waals surface area contributed by atoms with E-state index in [9.17, 15) is 19.8 Å². The molecule has 5 aliphatic carbocycles.